The highest BCUT2D eigenvalue weighted by atomic mass is 79.9. The van der Waals surface area contributed by atoms with Crippen molar-refractivity contribution in [2.45, 2.75) is 29.9 Å². The van der Waals surface area contributed by atoms with Crippen LogP contribution in [0.25, 0.3) is 0 Å². The van der Waals surface area contributed by atoms with Crippen LogP contribution in [0.3, 0.4) is 0 Å². The van der Waals surface area contributed by atoms with Crippen LogP contribution in [-0.2, 0) is 9.63 Å². The zero-order valence-corrected chi connectivity index (χ0v) is 16.2. The fourth-order valence-corrected chi connectivity index (χ4v) is 3.06. The first-order valence-electron chi connectivity index (χ1n) is 7.18. The van der Waals surface area contributed by atoms with E-state index < -0.39 is 15.1 Å². The summed E-state index contributed by atoms with van der Waals surface area (Å²) in [5.41, 5.74) is 1.56. The molecule has 0 saturated heterocycles. The molecule has 1 aromatic rings. The lowest BCUT2D eigenvalue weighted by molar-refractivity contribution is -0.115. The third-order valence-electron chi connectivity index (χ3n) is 3.64. The number of carbonyl (C=O) groups excluding carboxylic acids is 2. The zero-order chi connectivity index (χ0) is 17.2. The number of oxime groups is 1. The Balaban J connectivity index is 2.31. The summed E-state index contributed by atoms with van der Waals surface area (Å²) in [7, 11) is 0. The number of hydrogen-bond acceptors (Lipinski definition) is 4. The van der Waals surface area contributed by atoms with Crippen molar-refractivity contribution in [2.75, 3.05) is 0 Å². The standard InChI is InChI=1S/C17H17Br2NO3/c1-10(2)12-9-13(17(3,19)15(18)14(12)21)20-23-16(22)11-7-5-4-6-8-11/h4-10,15H,1-3H3/b20-13+. The summed E-state index contributed by atoms with van der Waals surface area (Å²) in [4.78, 5) is 29.0. The van der Waals surface area contributed by atoms with Gasteiger partial charge in [0, 0.05) is 5.57 Å². The lowest BCUT2D eigenvalue weighted by Crippen LogP contribution is -2.46. The van der Waals surface area contributed by atoms with E-state index in [0.29, 0.717) is 16.8 Å². The topological polar surface area (TPSA) is 55.7 Å². The zero-order valence-electron chi connectivity index (χ0n) is 13.0. The molecule has 23 heavy (non-hydrogen) atoms. The maximum absolute atomic E-state index is 12.4. The fourth-order valence-electron chi connectivity index (χ4n) is 2.17. The molecule has 122 valence electrons. The van der Waals surface area contributed by atoms with E-state index in [1.807, 2.05) is 26.8 Å². The van der Waals surface area contributed by atoms with E-state index in [1.54, 1.807) is 30.3 Å². The summed E-state index contributed by atoms with van der Waals surface area (Å²) in [5, 5.41) is 3.99. The second-order valence-corrected chi connectivity index (χ2v) is 8.34. The highest BCUT2D eigenvalue weighted by Crippen LogP contribution is 2.38. The van der Waals surface area contributed by atoms with Gasteiger partial charge in [-0.25, -0.2) is 4.79 Å². The Bertz CT molecular complexity index is 678. The van der Waals surface area contributed by atoms with Gasteiger partial charge in [0.2, 0.25) is 0 Å². The third-order valence-corrected chi connectivity index (χ3v) is 6.45. The molecule has 2 unspecified atom stereocenters. The van der Waals surface area contributed by atoms with Gasteiger partial charge in [-0.2, -0.15) is 0 Å². The van der Waals surface area contributed by atoms with Crippen molar-refractivity contribution in [3.63, 3.8) is 0 Å². The van der Waals surface area contributed by atoms with E-state index in [4.69, 9.17) is 4.84 Å². The minimum atomic E-state index is -0.751. The van der Waals surface area contributed by atoms with Gasteiger partial charge in [0.25, 0.3) is 0 Å². The van der Waals surface area contributed by atoms with Crippen molar-refractivity contribution < 1.29 is 14.4 Å². The number of benzene rings is 1. The smallest absolute Gasteiger partial charge is 0.312 e. The van der Waals surface area contributed by atoms with Crippen molar-refractivity contribution >= 4 is 49.3 Å². The molecule has 1 aliphatic rings. The number of alkyl halides is 2. The lowest BCUT2D eigenvalue weighted by atomic mass is 9.83. The molecule has 0 fully saturated rings. The molecule has 1 aromatic carbocycles. The van der Waals surface area contributed by atoms with Gasteiger partial charge < -0.3 is 4.84 Å². The summed E-state index contributed by atoms with van der Waals surface area (Å²) in [6.07, 6.45) is 1.69. The molecule has 0 spiro atoms. The van der Waals surface area contributed by atoms with E-state index in [9.17, 15) is 9.59 Å². The molecule has 0 saturated carbocycles. The van der Waals surface area contributed by atoms with E-state index in [-0.39, 0.29) is 11.7 Å². The molecule has 2 rings (SSSR count). The van der Waals surface area contributed by atoms with Gasteiger partial charge in [0.15, 0.2) is 5.78 Å². The van der Waals surface area contributed by atoms with Gasteiger partial charge in [-0.05, 0) is 31.1 Å². The molecule has 0 aromatic heterocycles. The van der Waals surface area contributed by atoms with Crippen LogP contribution in [0.5, 0.6) is 0 Å². The number of Topliss-reactive ketones (excluding diaryl/α,β-unsaturated/α-hetero) is 1. The Kier molecular flexibility index (Phi) is 5.57. The monoisotopic (exact) mass is 441 g/mol. The van der Waals surface area contributed by atoms with Crippen LogP contribution in [0.2, 0.25) is 0 Å². The highest BCUT2D eigenvalue weighted by molar-refractivity contribution is 9.13. The third kappa shape index (κ3) is 3.80. The molecule has 0 bridgehead atoms. The number of carbonyl (C=O) groups is 2. The Morgan fingerprint density at radius 3 is 2.48 bits per heavy atom. The van der Waals surface area contributed by atoms with Crippen LogP contribution in [0, 0.1) is 5.92 Å². The molecule has 4 nitrogen and oxygen atoms in total. The first-order chi connectivity index (χ1) is 10.7. The van der Waals surface area contributed by atoms with Gasteiger partial charge in [0.05, 0.1) is 20.4 Å². The average Bonchev–Trinajstić information content (AvgIpc) is 2.52. The average molecular weight is 443 g/mol. The SMILES string of the molecule is CC(C)C1=C/C(=N\OC(=O)c2ccccc2)C(C)(Br)C(Br)C1=O. The number of allylic oxidation sites excluding steroid dienone is 2. The second kappa shape index (κ2) is 7.09. The van der Waals surface area contributed by atoms with Crippen molar-refractivity contribution in [3.05, 3.63) is 47.5 Å². The van der Waals surface area contributed by atoms with Crippen LogP contribution in [0.15, 0.2) is 47.1 Å². The molecule has 0 aliphatic heterocycles. The van der Waals surface area contributed by atoms with E-state index in [2.05, 4.69) is 37.0 Å². The number of ketones is 1. The molecule has 0 amide bonds. The van der Waals surface area contributed by atoms with Crippen molar-refractivity contribution in [1.29, 1.82) is 0 Å². The summed E-state index contributed by atoms with van der Waals surface area (Å²) in [6, 6.07) is 8.63. The largest absolute Gasteiger partial charge is 0.365 e. The predicted octanol–water partition coefficient (Wildman–Crippen LogP) is 4.28. The van der Waals surface area contributed by atoms with Gasteiger partial charge >= 0.3 is 5.97 Å². The maximum Gasteiger partial charge on any atom is 0.365 e. The first-order valence-corrected chi connectivity index (χ1v) is 8.89. The van der Waals surface area contributed by atoms with E-state index in [0.717, 1.165) is 0 Å². The number of rotatable bonds is 3. The summed E-state index contributed by atoms with van der Waals surface area (Å²) >= 11 is 6.93. The van der Waals surface area contributed by atoms with Gasteiger partial charge in [-0.3, -0.25) is 4.79 Å². The van der Waals surface area contributed by atoms with Crippen LogP contribution in [0.1, 0.15) is 31.1 Å². The first kappa shape index (κ1) is 18.1. The predicted molar refractivity (Wildman–Crippen MR) is 97.3 cm³/mol. The minimum absolute atomic E-state index is 0.00714. The molecule has 6 heteroatoms. The Hall–Kier alpha value is -1.27. The second-order valence-electron chi connectivity index (χ2n) is 5.78. The lowest BCUT2D eigenvalue weighted by Gasteiger charge is -2.33. The van der Waals surface area contributed by atoms with Gasteiger partial charge in [-0.15, -0.1) is 0 Å². The summed E-state index contributed by atoms with van der Waals surface area (Å²) < 4.78 is -0.751. The number of hydrogen-bond donors (Lipinski definition) is 0. The molecule has 2 atom stereocenters. The van der Waals surface area contributed by atoms with Crippen LogP contribution >= 0.6 is 31.9 Å². The molecule has 0 heterocycles. The van der Waals surface area contributed by atoms with E-state index in [1.165, 1.54) is 0 Å². The van der Waals surface area contributed by atoms with Crippen molar-refractivity contribution in [1.82, 2.24) is 0 Å². The summed E-state index contributed by atoms with van der Waals surface area (Å²) in [5.74, 6) is -0.474. The Labute approximate surface area is 152 Å². The van der Waals surface area contributed by atoms with Crippen molar-refractivity contribution in [3.8, 4) is 0 Å². The minimum Gasteiger partial charge on any atom is -0.312 e. The van der Waals surface area contributed by atoms with Gasteiger partial charge in [-0.1, -0.05) is 69.1 Å². The van der Waals surface area contributed by atoms with Crippen LogP contribution in [0.4, 0.5) is 0 Å². The van der Waals surface area contributed by atoms with E-state index >= 15 is 0 Å². The number of halogens is 2. The molecule has 0 radical (unpaired) electrons. The normalized spacial score (nSPS) is 26.3. The molecular formula is C17H17Br2NO3. The maximum atomic E-state index is 12.4. The highest BCUT2D eigenvalue weighted by Gasteiger charge is 2.44. The van der Waals surface area contributed by atoms with Crippen LogP contribution in [-0.4, -0.2) is 26.6 Å². The van der Waals surface area contributed by atoms with Gasteiger partial charge in [0.1, 0.15) is 0 Å². The Morgan fingerprint density at radius 1 is 1.30 bits per heavy atom. The Morgan fingerprint density at radius 2 is 1.91 bits per heavy atom. The number of nitrogens with zero attached hydrogens (tertiary/aromatic N) is 1. The quantitative estimate of drug-likeness (QED) is 0.398. The summed E-state index contributed by atoms with van der Waals surface area (Å²) in [6.45, 7) is 5.69. The van der Waals surface area contributed by atoms with Crippen molar-refractivity contribution in [2.24, 2.45) is 11.1 Å². The fraction of sp³-hybridized carbons (Fsp3) is 0.353. The molecular weight excluding hydrogens is 426 g/mol. The molecule has 1 aliphatic carbocycles. The van der Waals surface area contributed by atoms with Crippen LogP contribution < -0.4 is 0 Å². The molecule has 0 N–H and O–H groups in total.